The molecular formula is C16H18O2. The summed E-state index contributed by atoms with van der Waals surface area (Å²) in [7, 11) is 0. The van der Waals surface area contributed by atoms with Crippen molar-refractivity contribution in [3.63, 3.8) is 0 Å². The molecule has 0 aliphatic heterocycles. The highest BCUT2D eigenvalue weighted by molar-refractivity contribution is 6.02. The summed E-state index contributed by atoms with van der Waals surface area (Å²) in [6, 6.07) is 9.25. The zero-order valence-corrected chi connectivity index (χ0v) is 10.7. The maximum absolute atomic E-state index is 12.4. The molecule has 0 heterocycles. The lowest BCUT2D eigenvalue weighted by Crippen LogP contribution is -2.23. The monoisotopic (exact) mass is 242 g/mol. The van der Waals surface area contributed by atoms with E-state index in [-0.39, 0.29) is 23.4 Å². The first-order chi connectivity index (χ1) is 8.59. The molecule has 1 saturated carbocycles. The second kappa shape index (κ2) is 5.30. The van der Waals surface area contributed by atoms with Gasteiger partial charge in [-0.25, -0.2) is 0 Å². The highest BCUT2D eigenvalue weighted by Gasteiger charge is 2.38. The van der Waals surface area contributed by atoms with Crippen LogP contribution in [0.4, 0.5) is 0 Å². The average molecular weight is 242 g/mol. The van der Waals surface area contributed by atoms with Gasteiger partial charge in [0.05, 0.1) is 0 Å². The van der Waals surface area contributed by atoms with Crippen LogP contribution >= 0.6 is 0 Å². The molecule has 1 aromatic rings. The van der Waals surface area contributed by atoms with E-state index in [0.717, 1.165) is 5.57 Å². The van der Waals surface area contributed by atoms with E-state index in [9.17, 15) is 9.59 Å². The smallest absolute Gasteiger partial charge is 0.166 e. The van der Waals surface area contributed by atoms with Crippen molar-refractivity contribution in [1.29, 1.82) is 0 Å². The molecule has 1 aliphatic rings. The van der Waals surface area contributed by atoms with E-state index in [0.29, 0.717) is 24.8 Å². The first kappa shape index (κ1) is 12.7. The Morgan fingerprint density at radius 2 is 2.00 bits per heavy atom. The van der Waals surface area contributed by atoms with Crippen LogP contribution in [0.5, 0.6) is 0 Å². The van der Waals surface area contributed by atoms with E-state index in [1.54, 1.807) is 0 Å². The van der Waals surface area contributed by atoms with Crippen LogP contribution in [0.1, 0.15) is 36.5 Å². The molecule has 2 nitrogen and oxygen atoms in total. The van der Waals surface area contributed by atoms with Crippen LogP contribution in [0.3, 0.4) is 0 Å². The fourth-order valence-electron chi connectivity index (χ4n) is 2.67. The van der Waals surface area contributed by atoms with Crippen LogP contribution in [-0.4, -0.2) is 11.6 Å². The predicted molar refractivity (Wildman–Crippen MR) is 71.4 cm³/mol. The lowest BCUT2D eigenvalue weighted by Gasteiger charge is -2.17. The van der Waals surface area contributed by atoms with Crippen LogP contribution in [-0.2, 0) is 4.79 Å². The molecule has 94 valence electrons. The molecule has 0 saturated heterocycles. The van der Waals surface area contributed by atoms with Gasteiger partial charge in [-0.3, -0.25) is 9.59 Å². The third kappa shape index (κ3) is 2.58. The molecule has 18 heavy (non-hydrogen) atoms. The van der Waals surface area contributed by atoms with Gasteiger partial charge in [0.25, 0.3) is 0 Å². The van der Waals surface area contributed by atoms with Crippen LogP contribution in [0.25, 0.3) is 0 Å². The molecule has 0 N–H and O–H groups in total. The zero-order valence-electron chi connectivity index (χ0n) is 10.7. The zero-order chi connectivity index (χ0) is 13.1. The molecular weight excluding hydrogens is 224 g/mol. The van der Waals surface area contributed by atoms with Crippen LogP contribution in [0, 0.1) is 11.8 Å². The molecule has 1 fully saturated rings. The quantitative estimate of drug-likeness (QED) is 0.598. The summed E-state index contributed by atoms with van der Waals surface area (Å²) < 4.78 is 0. The van der Waals surface area contributed by atoms with Gasteiger partial charge in [-0.2, -0.15) is 0 Å². The Labute approximate surface area is 108 Å². The Hall–Kier alpha value is -1.70. The highest BCUT2D eigenvalue weighted by Crippen LogP contribution is 2.35. The van der Waals surface area contributed by atoms with E-state index in [2.05, 4.69) is 6.58 Å². The lowest BCUT2D eigenvalue weighted by atomic mass is 9.84. The standard InChI is InChI=1S/C16H18O2/c1-11(2)10-14-13(8-9-15(14)17)16(18)12-6-4-3-5-7-12/h3-7,13-14H,1,8-10H2,2H3. The van der Waals surface area contributed by atoms with Gasteiger partial charge in [-0.05, 0) is 19.8 Å². The normalized spacial score (nSPS) is 23.1. The summed E-state index contributed by atoms with van der Waals surface area (Å²) in [5, 5.41) is 0. The molecule has 2 atom stereocenters. The summed E-state index contributed by atoms with van der Waals surface area (Å²) in [6.45, 7) is 5.77. The maximum atomic E-state index is 12.4. The summed E-state index contributed by atoms with van der Waals surface area (Å²) in [5.74, 6) is 0.00628. The van der Waals surface area contributed by atoms with Crippen molar-refractivity contribution in [2.24, 2.45) is 11.8 Å². The summed E-state index contributed by atoms with van der Waals surface area (Å²) >= 11 is 0. The minimum absolute atomic E-state index is 0.104. The van der Waals surface area contributed by atoms with Gasteiger partial charge < -0.3 is 0 Å². The molecule has 2 heteroatoms. The number of Topliss-reactive ketones (excluding diaryl/α,β-unsaturated/α-hetero) is 2. The summed E-state index contributed by atoms with van der Waals surface area (Å²) in [4.78, 5) is 24.3. The van der Waals surface area contributed by atoms with Gasteiger partial charge in [-0.1, -0.05) is 35.9 Å². The van der Waals surface area contributed by atoms with Crippen LogP contribution in [0.2, 0.25) is 0 Å². The SMILES string of the molecule is C=C(C)CC1C(=O)CCC1C(=O)c1ccccc1. The van der Waals surface area contributed by atoms with E-state index in [1.807, 2.05) is 37.3 Å². The second-order valence-corrected chi connectivity index (χ2v) is 5.11. The predicted octanol–water partition coefficient (Wildman–Crippen LogP) is 3.43. The number of rotatable bonds is 4. The van der Waals surface area contributed by atoms with E-state index in [1.165, 1.54) is 0 Å². The van der Waals surface area contributed by atoms with Gasteiger partial charge in [0.1, 0.15) is 5.78 Å². The number of benzene rings is 1. The van der Waals surface area contributed by atoms with Crippen LogP contribution in [0.15, 0.2) is 42.5 Å². The first-order valence-electron chi connectivity index (χ1n) is 6.36. The molecule has 2 rings (SSSR count). The Balaban J connectivity index is 2.19. The Bertz CT molecular complexity index is 473. The minimum atomic E-state index is -0.157. The fourth-order valence-corrected chi connectivity index (χ4v) is 2.67. The van der Waals surface area contributed by atoms with Gasteiger partial charge >= 0.3 is 0 Å². The van der Waals surface area contributed by atoms with Gasteiger partial charge in [0, 0.05) is 23.8 Å². The third-order valence-electron chi connectivity index (χ3n) is 3.56. The van der Waals surface area contributed by atoms with Crippen LogP contribution < -0.4 is 0 Å². The number of carbonyl (C=O) groups excluding carboxylic acids is 2. The Morgan fingerprint density at radius 1 is 1.33 bits per heavy atom. The van der Waals surface area contributed by atoms with Crippen molar-refractivity contribution >= 4 is 11.6 Å². The van der Waals surface area contributed by atoms with Crippen molar-refractivity contribution in [3.8, 4) is 0 Å². The van der Waals surface area contributed by atoms with E-state index >= 15 is 0 Å². The Kier molecular flexibility index (Phi) is 3.75. The molecule has 0 bridgehead atoms. The van der Waals surface area contributed by atoms with Gasteiger partial charge in [0.15, 0.2) is 5.78 Å². The largest absolute Gasteiger partial charge is 0.299 e. The Morgan fingerprint density at radius 3 is 2.61 bits per heavy atom. The lowest BCUT2D eigenvalue weighted by molar-refractivity contribution is -0.121. The average Bonchev–Trinajstić information content (AvgIpc) is 2.71. The van der Waals surface area contributed by atoms with Crippen molar-refractivity contribution in [1.82, 2.24) is 0 Å². The van der Waals surface area contributed by atoms with Gasteiger partial charge in [0.2, 0.25) is 0 Å². The number of ketones is 2. The van der Waals surface area contributed by atoms with Gasteiger partial charge in [-0.15, -0.1) is 6.58 Å². The molecule has 0 spiro atoms. The fraction of sp³-hybridized carbons (Fsp3) is 0.375. The topological polar surface area (TPSA) is 34.1 Å². The minimum Gasteiger partial charge on any atom is -0.299 e. The second-order valence-electron chi connectivity index (χ2n) is 5.11. The summed E-state index contributed by atoms with van der Waals surface area (Å²) in [5.41, 5.74) is 1.69. The summed E-state index contributed by atoms with van der Waals surface area (Å²) in [6.07, 6.45) is 1.85. The molecule has 2 unspecified atom stereocenters. The number of hydrogen-bond acceptors (Lipinski definition) is 2. The van der Waals surface area contributed by atoms with Crippen molar-refractivity contribution in [2.45, 2.75) is 26.2 Å². The first-order valence-corrected chi connectivity index (χ1v) is 6.36. The number of allylic oxidation sites excluding steroid dienone is 1. The van der Waals surface area contributed by atoms with Crippen molar-refractivity contribution < 1.29 is 9.59 Å². The van der Waals surface area contributed by atoms with E-state index in [4.69, 9.17) is 0 Å². The van der Waals surface area contributed by atoms with Crippen molar-refractivity contribution in [2.75, 3.05) is 0 Å². The third-order valence-corrected chi connectivity index (χ3v) is 3.56. The molecule has 0 radical (unpaired) electrons. The molecule has 0 aromatic heterocycles. The van der Waals surface area contributed by atoms with E-state index < -0.39 is 0 Å². The number of hydrogen-bond donors (Lipinski definition) is 0. The molecule has 1 aliphatic carbocycles. The number of carbonyl (C=O) groups is 2. The molecule has 1 aromatic carbocycles. The highest BCUT2D eigenvalue weighted by atomic mass is 16.1. The van der Waals surface area contributed by atoms with Crippen molar-refractivity contribution in [3.05, 3.63) is 48.0 Å². The maximum Gasteiger partial charge on any atom is 0.166 e. The molecule has 0 amide bonds.